The minimum absolute atomic E-state index is 0.0617. The van der Waals surface area contributed by atoms with Crippen molar-refractivity contribution < 1.29 is 19.5 Å². The zero-order valence-corrected chi connectivity index (χ0v) is 11.7. The molecule has 2 aliphatic heterocycles. The molecule has 1 unspecified atom stereocenters. The SMILES string of the molecule is CC(NC(=O)N1CC(C(=O)O)C1)C(=O)N1CCCCC1. The van der Waals surface area contributed by atoms with Crippen LogP contribution in [0.4, 0.5) is 4.79 Å². The lowest BCUT2D eigenvalue weighted by Crippen LogP contribution is -2.59. The van der Waals surface area contributed by atoms with Gasteiger partial charge < -0.3 is 20.2 Å². The van der Waals surface area contributed by atoms with Crippen molar-refractivity contribution in [1.82, 2.24) is 15.1 Å². The van der Waals surface area contributed by atoms with Gasteiger partial charge in [-0.2, -0.15) is 0 Å². The number of hydrogen-bond acceptors (Lipinski definition) is 3. The molecular weight excluding hydrogens is 262 g/mol. The van der Waals surface area contributed by atoms with Crippen LogP contribution in [0.1, 0.15) is 26.2 Å². The molecule has 112 valence electrons. The number of carboxylic acid groups (broad SMARTS) is 1. The number of rotatable bonds is 3. The quantitative estimate of drug-likeness (QED) is 0.769. The first-order valence-electron chi connectivity index (χ1n) is 7.06. The molecule has 0 radical (unpaired) electrons. The van der Waals surface area contributed by atoms with Crippen molar-refractivity contribution in [2.75, 3.05) is 26.2 Å². The summed E-state index contributed by atoms with van der Waals surface area (Å²) in [5.41, 5.74) is 0. The molecule has 0 aliphatic carbocycles. The van der Waals surface area contributed by atoms with E-state index in [0.717, 1.165) is 32.4 Å². The molecule has 2 fully saturated rings. The summed E-state index contributed by atoms with van der Waals surface area (Å²) >= 11 is 0. The van der Waals surface area contributed by atoms with E-state index in [9.17, 15) is 14.4 Å². The minimum atomic E-state index is -0.883. The first-order chi connectivity index (χ1) is 9.49. The summed E-state index contributed by atoms with van der Waals surface area (Å²) in [6.07, 6.45) is 3.17. The van der Waals surface area contributed by atoms with Gasteiger partial charge in [0.2, 0.25) is 5.91 Å². The van der Waals surface area contributed by atoms with Crippen LogP contribution >= 0.6 is 0 Å². The van der Waals surface area contributed by atoms with Crippen LogP contribution in [0, 0.1) is 5.92 Å². The Morgan fingerprint density at radius 2 is 1.70 bits per heavy atom. The maximum absolute atomic E-state index is 12.1. The Kier molecular flexibility index (Phi) is 4.46. The lowest BCUT2D eigenvalue weighted by molar-refractivity contribution is -0.146. The number of nitrogens with zero attached hydrogens (tertiary/aromatic N) is 2. The molecule has 1 atom stereocenters. The highest BCUT2D eigenvalue weighted by molar-refractivity contribution is 5.87. The zero-order chi connectivity index (χ0) is 14.7. The van der Waals surface area contributed by atoms with Gasteiger partial charge in [0.1, 0.15) is 6.04 Å². The molecule has 2 saturated heterocycles. The molecule has 2 rings (SSSR count). The fraction of sp³-hybridized carbons (Fsp3) is 0.769. The van der Waals surface area contributed by atoms with E-state index in [1.54, 1.807) is 11.8 Å². The summed E-state index contributed by atoms with van der Waals surface area (Å²) in [5.74, 6) is -1.42. The number of aliphatic carboxylic acids is 1. The van der Waals surface area contributed by atoms with Crippen molar-refractivity contribution in [3.05, 3.63) is 0 Å². The average Bonchev–Trinajstić information content (AvgIpc) is 2.36. The zero-order valence-electron chi connectivity index (χ0n) is 11.7. The third-order valence-electron chi connectivity index (χ3n) is 3.90. The normalized spacial score (nSPS) is 21.1. The highest BCUT2D eigenvalue weighted by Gasteiger charge is 2.36. The predicted molar refractivity (Wildman–Crippen MR) is 71.1 cm³/mol. The number of urea groups is 1. The van der Waals surface area contributed by atoms with Gasteiger partial charge in [-0.15, -0.1) is 0 Å². The van der Waals surface area contributed by atoms with Crippen LogP contribution in [-0.2, 0) is 9.59 Å². The topological polar surface area (TPSA) is 90.0 Å². The lowest BCUT2D eigenvalue weighted by Gasteiger charge is -2.37. The number of likely N-dealkylation sites (tertiary alicyclic amines) is 2. The molecule has 3 amide bonds. The van der Waals surface area contributed by atoms with E-state index in [0.29, 0.717) is 0 Å². The third-order valence-corrected chi connectivity index (χ3v) is 3.90. The molecule has 0 saturated carbocycles. The fourth-order valence-electron chi connectivity index (χ4n) is 2.53. The van der Waals surface area contributed by atoms with E-state index in [-0.39, 0.29) is 25.0 Å². The Labute approximate surface area is 117 Å². The Hall–Kier alpha value is -1.79. The van der Waals surface area contributed by atoms with Gasteiger partial charge in [-0.25, -0.2) is 4.79 Å². The Balaban J connectivity index is 1.76. The number of piperidine rings is 1. The number of carbonyl (C=O) groups excluding carboxylic acids is 2. The van der Waals surface area contributed by atoms with Crippen LogP contribution in [0.3, 0.4) is 0 Å². The van der Waals surface area contributed by atoms with Crippen molar-refractivity contribution >= 4 is 17.9 Å². The second-order valence-electron chi connectivity index (χ2n) is 5.50. The molecule has 20 heavy (non-hydrogen) atoms. The molecule has 2 aliphatic rings. The van der Waals surface area contributed by atoms with Crippen LogP contribution in [0.15, 0.2) is 0 Å². The molecule has 0 bridgehead atoms. The summed E-state index contributed by atoms with van der Waals surface area (Å²) in [6.45, 7) is 3.61. The maximum atomic E-state index is 12.1. The van der Waals surface area contributed by atoms with Gasteiger partial charge in [-0.05, 0) is 26.2 Å². The fourth-order valence-corrected chi connectivity index (χ4v) is 2.53. The van der Waals surface area contributed by atoms with E-state index >= 15 is 0 Å². The summed E-state index contributed by atoms with van der Waals surface area (Å²) in [7, 11) is 0. The highest BCUT2D eigenvalue weighted by atomic mass is 16.4. The first kappa shape index (κ1) is 14.6. The molecule has 7 nitrogen and oxygen atoms in total. The molecule has 2 N–H and O–H groups in total. The van der Waals surface area contributed by atoms with Crippen LogP contribution in [-0.4, -0.2) is 65.0 Å². The van der Waals surface area contributed by atoms with Crippen LogP contribution in [0.5, 0.6) is 0 Å². The number of carboxylic acids is 1. The molecule has 0 aromatic carbocycles. The Bertz CT molecular complexity index is 400. The summed E-state index contributed by atoms with van der Waals surface area (Å²) in [5, 5.41) is 11.4. The van der Waals surface area contributed by atoms with Gasteiger partial charge in [0.05, 0.1) is 5.92 Å². The van der Waals surface area contributed by atoms with Gasteiger partial charge in [0.15, 0.2) is 0 Å². The largest absolute Gasteiger partial charge is 0.481 e. The standard InChI is InChI=1S/C13H21N3O4/c1-9(11(17)15-5-3-2-4-6-15)14-13(20)16-7-10(8-16)12(18)19/h9-10H,2-8H2,1H3,(H,14,20)(H,18,19). The van der Waals surface area contributed by atoms with Crippen molar-refractivity contribution in [2.45, 2.75) is 32.2 Å². The van der Waals surface area contributed by atoms with E-state index < -0.39 is 17.9 Å². The van der Waals surface area contributed by atoms with Crippen molar-refractivity contribution in [3.8, 4) is 0 Å². The van der Waals surface area contributed by atoms with Crippen LogP contribution in [0.2, 0.25) is 0 Å². The number of carbonyl (C=O) groups is 3. The molecular formula is C13H21N3O4. The Morgan fingerprint density at radius 1 is 1.10 bits per heavy atom. The molecule has 0 aromatic heterocycles. The summed E-state index contributed by atoms with van der Waals surface area (Å²) in [6, 6.07) is -0.926. The van der Waals surface area contributed by atoms with E-state index in [1.807, 2.05) is 0 Å². The predicted octanol–water partition coefficient (Wildman–Crippen LogP) is 0.113. The maximum Gasteiger partial charge on any atom is 0.318 e. The average molecular weight is 283 g/mol. The van der Waals surface area contributed by atoms with E-state index in [1.165, 1.54) is 4.90 Å². The molecule has 2 heterocycles. The second-order valence-corrected chi connectivity index (χ2v) is 5.50. The van der Waals surface area contributed by atoms with Gasteiger partial charge in [-0.1, -0.05) is 0 Å². The summed E-state index contributed by atoms with van der Waals surface area (Å²) in [4.78, 5) is 37.8. The summed E-state index contributed by atoms with van der Waals surface area (Å²) < 4.78 is 0. The lowest BCUT2D eigenvalue weighted by atomic mass is 10.0. The van der Waals surface area contributed by atoms with Gasteiger partial charge >= 0.3 is 12.0 Å². The van der Waals surface area contributed by atoms with E-state index in [2.05, 4.69) is 5.32 Å². The van der Waals surface area contributed by atoms with Gasteiger partial charge in [-0.3, -0.25) is 9.59 Å². The smallest absolute Gasteiger partial charge is 0.318 e. The number of hydrogen-bond donors (Lipinski definition) is 2. The molecule has 0 aromatic rings. The van der Waals surface area contributed by atoms with Gasteiger partial charge in [0, 0.05) is 26.2 Å². The molecule has 0 spiro atoms. The minimum Gasteiger partial charge on any atom is -0.481 e. The molecule has 7 heteroatoms. The monoisotopic (exact) mass is 283 g/mol. The van der Waals surface area contributed by atoms with Crippen molar-refractivity contribution in [1.29, 1.82) is 0 Å². The number of amides is 3. The van der Waals surface area contributed by atoms with Crippen molar-refractivity contribution in [3.63, 3.8) is 0 Å². The van der Waals surface area contributed by atoms with E-state index in [4.69, 9.17) is 5.11 Å². The number of nitrogens with one attached hydrogen (secondary N) is 1. The van der Waals surface area contributed by atoms with Gasteiger partial charge in [0.25, 0.3) is 0 Å². The van der Waals surface area contributed by atoms with Crippen LogP contribution < -0.4 is 5.32 Å². The Morgan fingerprint density at radius 3 is 2.25 bits per heavy atom. The highest BCUT2D eigenvalue weighted by Crippen LogP contribution is 2.16. The first-order valence-corrected chi connectivity index (χ1v) is 7.06. The third kappa shape index (κ3) is 3.20. The van der Waals surface area contributed by atoms with Crippen LogP contribution in [0.25, 0.3) is 0 Å². The second kappa shape index (κ2) is 6.11. The van der Waals surface area contributed by atoms with Crippen molar-refractivity contribution in [2.24, 2.45) is 5.92 Å².